The lowest BCUT2D eigenvalue weighted by Crippen LogP contribution is -1.84. The summed E-state index contributed by atoms with van der Waals surface area (Å²) in [5.41, 5.74) is 0.406. The van der Waals surface area contributed by atoms with Crippen LogP contribution in [-0.2, 0) is 0 Å². The van der Waals surface area contributed by atoms with E-state index in [9.17, 15) is 4.39 Å². The highest BCUT2D eigenvalue weighted by molar-refractivity contribution is 7.14. The van der Waals surface area contributed by atoms with Gasteiger partial charge in [-0.3, -0.25) is 0 Å². The molecule has 2 rings (SSSR count). The number of benzene rings is 1. The molecule has 0 radical (unpaired) electrons. The van der Waals surface area contributed by atoms with Gasteiger partial charge in [0.05, 0.1) is 5.02 Å². The zero-order valence-electron chi connectivity index (χ0n) is 7.29. The second-order valence-corrected chi connectivity index (χ2v) is 4.32. The first-order valence-electron chi connectivity index (χ1n) is 3.93. The molecule has 5 heteroatoms. The Hall–Kier alpha value is -1.00. The van der Waals surface area contributed by atoms with E-state index >= 15 is 0 Å². The topological polar surface area (TPSA) is 25.8 Å². The Morgan fingerprint density at radius 1 is 1.36 bits per heavy atom. The summed E-state index contributed by atoms with van der Waals surface area (Å²) in [5, 5.41) is 9.15. The normalized spacial score (nSPS) is 10.5. The third-order valence-corrected chi connectivity index (χ3v) is 2.87. The maximum absolute atomic E-state index is 13.5. The van der Waals surface area contributed by atoms with Crippen molar-refractivity contribution in [1.29, 1.82) is 0 Å². The zero-order valence-corrected chi connectivity index (χ0v) is 8.86. The molecule has 0 fully saturated rings. The number of aromatic nitrogens is 2. The van der Waals surface area contributed by atoms with Crippen molar-refractivity contribution in [3.63, 3.8) is 0 Å². The molecule has 0 N–H and O–H groups in total. The number of nitrogens with zero attached hydrogens (tertiary/aromatic N) is 2. The van der Waals surface area contributed by atoms with Gasteiger partial charge in [-0.15, -0.1) is 10.2 Å². The first kappa shape index (κ1) is 9.55. The number of hydrogen-bond donors (Lipinski definition) is 0. The van der Waals surface area contributed by atoms with Crippen molar-refractivity contribution in [3.8, 4) is 10.6 Å². The van der Waals surface area contributed by atoms with Crippen molar-refractivity contribution in [1.82, 2.24) is 10.2 Å². The Morgan fingerprint density at radius 2 is 2.14 bits per heavy atom. The van der Waals surface area contributed by atoms with Crippen molar-refractivity contribution >= 4 is 22.9 Å². The number of aryl methyl sites for hydroxylation is 1. The van der Waals surface area contributed by atoms with E-state index in [-0.39, 0.29) is 5.02 Å². The molecule has 0 saturated carbocycles. The van der Waals surface area contributed by atoms with Gasteiger partial charge in [-0.25, -0.2) is 4.39 Å². The zero-order chi connectivity index (χ0) is 10.1. The Labute approximate surface area is 89.4 Å². The summed E-state index contributed by atoms with van der Waals surface area (Å²) in [6.45, 7) is 1.82. The quantitative estimate of drug-likeness (QED) is 0.749. The molecular weight excluding hydrogens is 223 g/mol. The summed E-state index contributed by atoms with van der Waals surface area (Å²) < 4.78 is 13.5. The Balaban J connectivity index is 2.57. The molecule has 0 aliphatic heterocycles. The van der Waals surface area contributed by atoms with Crippen molar-refractivity contribution in [2.45, 2.75) is 6.92 Å². The molecule has 0 saturated heterocycles. The van der Waals surface area contributed by atoms with Crippen molar-refractivity contribution < 1.29 is 4.39 Å². The van der Waals surface area contributed by atoms with Crippen LogP contribution in [0.15, 0.2) is 18.2 Å². The van der Waals surface area contributed by atoms with Crippen molar-refractivity contribution in [2.75, 3.05) is 0 Å². The molecule has 1 aromatic carbocycles. The van der Waals surface area contributed by atoms with Crippen LogP contribution in [0.2, 0.25) is 5.02 Å². The summed E-state index contributed by atoms with van der Waals surface area (Å²) >= 11 is 6.99. The fourth-order valence-electron chi connectivity index (χ4n) is 1.07. The predicted molar refractivity (Wildman–Crippen MR) is 55.1 cm³/mol. The van der Waals surface area contributed by atoms with Gasteiger partial charge >= 0.3 is 0 Å². The minimum Gasteiger partial charge on any atom is -0.205 e. The van der Waals surface area contributed by atoms with E-state index < -0.39 is 5.82 Å². The average Bonchev–Trinajstić information content (AvgIpc) is 2.57. The van der Waals surface area contributed by atoms with Crippen LogP contribution < -0.4 is 0 Å². The van der Waals surface area contributed by atoms with Crippen LogP contribution in [0.4, 0.5) is 4.39 Å². The van der Waals surface area contributed by atoms with Gasteiger partial charge in [0.15, 0.2) is 10.8 Å². The highest BCUT2D eigenvalue weighted by atomic mass is 35.5. The Bertz CT molecular complexity index is 470. The Kier molecular flexibility index (Phi) is 2.48. The highest BCUT2D eigenvalue weighted by Crippen LogP contribution is 2.29. The monoisotopic (exact) mass is 228 g/mol. The molecule has 0 bridgehead atoms. The van der Waals surface area contributed by atoms with Gasteiger partial charge in [0, 0.05) is 5.56 Å². The Morgan fingerprint density at radius 3 is 2.79 bits per heavy atom. The summed E-state index contributed by atoms with van der Waals surface area (Å²) in [6, 6.07) is 4.84. The lowest BCUT2D eigenvalue weighted by molar-refractivity contribution is 0.631. The molecule has 1 heterocycles. The molecule has 2 aromatic rings. The average molecular weight is 229 g/mol. The van der Waals surface area contributed by atoms with Gasteiger partial charge in [-0.05, 0) is 19.1 Å². The van der Waals surface area contributed by atoms with Gasteiger partial charge in [0.1, 0.15) is 5.01 Å². The molecule has 2 nitrogen and oxygen atoms in total. The van der Waals surface area contributed by atoms with E-state index in [2.05, 4.69) is 10.2 Å². The van der Waals surface area contributed by atoms with E-state index in [1.165, 1.54) is 17.4 Å². The van der Waals surface area contributed by atoms with E-state index in [0.29, 0.717) is 10.6 Å². The SMILES string of the molecule is Cc1nnc(-c2cccc(Cl)c2F)s1. The molecule has 0 aliphatic rings. The highest BCUT2D eigenvalue weighted by Gasteiger charge is 2.11. The molecule has 0 spiro atoms. The summed E-state index contributed by atoms with van der Waals surface area (Å²) in [5.74, 6) is -0.440. The van der Waals surface area contributed by atoms with Crippen molar-refractivity contribution in [2.24, 2.45) is 0 Å². The van der Waals surface area contributed by atoms with E-state index in [1.807, 2.05) is 6.92 Å². The first-order valence-corrected chi connectivity index (χ1v) is 5.12. The second-order valence-electron chi connectivity index (χ2n) is 2.73. The van der Waals surface area contributed by atoms with Crippen molar-refractivity contribution in [3.05, 3.63) is 34.0 Å². The summed E-state index contributed by atoms with van der Waals surface area (Å²) in [6.07, 6.45) is 0. The molecule has 0 atom stereocenters. The second kappa shape index (κ2) is 3.63. The predicted octanol–water partition coefficient (Wildman–Crippen LogP) is 3.31. The summed E-state index contributed by atoms with van der Waals surface area (Å²) in [4.78, 5) is 0. The van der Waals surface area contributed by atoms with Gasteiger partial charge in [-0.1, -0.05) is 29.0 Å². The molecule has 1 aromatic heterocycles. The smallest absolute Gasteiger partial charge is 0.152 e. The molecule has 72 valence electrons. The standard InChI is InChI=1S/C9H6ClFN2S/c1-5-12-13-9(14-5)6-3-2-4-7(10)8(6)11/h2-4H,1H3. The molecule has 0 amide bonds. The maximum atomic E-state index is 13.5. The van der Waals surface area contributed by atoms with Crippen LogP contribution in [0.25, 0.3) is 10.6 Å². The fraction of sp³-hybridized carbons (Fsp3) is 0.111. The molecular formula is C9H6ClFN2S. The third-order valence-electron chi connectivity index (χ3n) is 1.71. The van der Waals surface area contributed by atoms with E-state index in [4.69, 9.17) is 11.6 Å². The summed E-state index contributed by atoms with van der Waals surface area (Å²) in [7, 11) is 0. The molecule has 14 heavy (non-hydrogen) atoms. The minimum atomic E-state index is -0.440. The first-order chi connectivity index (χ1) is 6.68. The van der Waals surface area contributed by atoms with Crippen LogP contribution in [0.1, 0.15) is 5.01 Å². The van der Waals surface area contributed by atoms with Crippen LogP contribution >= 0.6 is 22.9 Å². The van der Waals surface area contributed by atoms with Crippen LogP contribution in [0.5, 0.6) is 0 Å². The minimum absolute atomic E-state index is 0.107. The third kappa shape index (κ3) is 1.63. The van der Waals surface area contributed by atoms with Gasteiger partial charge in [-0.2, -0.15) is 0 Å². The van der Waals surface area contributed by atoms with Gasteiger partial charge in [0.25, 0.3) is 0 Å². The van der Waals surface area contributed by atoms with Crippen LogP contribution in [0, 0.1) is 12.7 Å². The molecule has 0 aliphatic carbocycles. The van der Waals surface area contributed by atoms with Crippen LogP contribution in [-0.4, -0.2) is 10.2 Å². The largest absolute Gasteiger partial charge is 0.205 e. The molecule has 0 unspecified atom stereocenters. The lowest BCUT2D eigenvalue weighted by atomic mass is 10.2. The maximum Gasteiger partial charge on any atom is 0.152 e. The van der Waals surface area contributed by atoms with E-state index in [0.717, 1.165) is 5.01 Å². The van der Waals surface area contributed by atoms with Gasteiger partial charge in [0.2, 0.25) is 0 Å². The lowest BCUT2D eigenvalue weighted by Gasteiger charge is -1.98. The number of hydrogen-bond acceptors (Lipinski definition) is 3. The fourth-order valence-corrected chi connectivity index (χ4v) is 1.96. The van der Waals surface area contributed by atoms with E-state index in [1.54, 1.807) is 12.1 Å². The number of halogens is 2. The van der Waals surface area contributed by atoms with Crippen LogP contribution in [0.3, 0.4) is 0 Å². The van der Waals surface area contributed by atoms with Gasteiger partial charge < -0.3 is 0 Å². The number of rotatable bonds is 1.